The summed E-state index contributed by atoms with van der Waals surface area (Å²) in [7, 11) is 2.11. The fourth-order valence-electron chi connectivity index (χ4n) is 2.29. The third-order valence-corrected chi connectivity index (χ3v) is 4.63. The summed E-state index contributed by atoms with van der Waals surface area (Å²) >= 11 is 1.82. The Morgan fingerprint density at radius 2 is 2.24 bits per heavy atom. The summed E-state index contributed by atoms with van der Waals surface area (Å²) in [5, 5.41) is 5.45. The molecule has 3 rings (SSSR count). The highest BCUT2D eigenvalue weighted by Gasteiger charge is 2.27. The minimum atomic E-state index is 0.577. The van der Waals surface area contributed by atoms with Gasteiger partial charge in [-0.15, -0.1) is 11.3 Å². The van der Waals surface area contributed by atoms with Crippen LogP contribution in [0.5, 0.6) is 0 Å². The lowest BCUT2D eigenvalue weighted by Gasteiger charge is -2.19. The van der Waals surface area contributed by atoms with Gasteiger partial charge in [0.1, 0.15) is 17.5 Å². The second-order valence-corrected chi connectivity index (χ2v) is 6.56. The van der Waals surface area contributed by atoms with Gasteiger partial charge in [-0.25, -0.2) is 9.97 Å². The topological polar surface area (TPSA) is 41.0 Å². The average molecular weight is 302 g/mol. The van der Waals surface area contributed by atoms with E-state index in [2.05, 4.69) is 52.8 Å². The van der Waals surface area contributed by atoms with Crippen LogP contribution in [0.4, 0.5) is 11.6 Å². The molecule has 0 saturated heterocycles. The van der Waals surface area contributed by atoms with Gasteiger partial charge < -0.3 is 10.2 Å². The highest BCUT2D eigenvalue weighted by molar-refractivity contribution is 7.09. The van der Waals surface area contributed by atoms with Gasteiger partial charge in [0.15, 0.2) is 0 Å². The Morgan fingerprint density at radius 1 is 1.38 bits per heavy atom. The van der Waals surface area contributed by atoms with E-state index in [0.717, 1.165) is 37.0 Å². The molecule has 2 aromatic rings. The zero-order valence-electron chi connectivity index (χ0n) is 12.7. The molecular weight excluding hydrogens is 280 g/mol. The van der Waals surface area contributed by atoms with Crippen LogP contribution in [-0.2, 0) is 6.42 Å². The fraction of sp³-hybridized carbons (Fsp3) is 0.500. The van der Waals surface area contributed by atoms with Crippen molar-refractivity contribution in [1.82, 2.24) is 9.97 Å². The van der Waals surface area contributed by atoms with Gasteiger partial charge >= 0.3 is 0 Å². The summed E-state index contributed by atoms with van der Waals surface area (Å²) in [6.45, 7) is 3.96. The summed E-state index contributed by atoms with van der Waals surface area (Å²) in [4.78, 5) is 13.0. The van der Waals surface area contributed by atoms with Crippen molar-refractivity contribution >= 4 is 23.0 Å². The van der Waals surface area contributed by atoms with Crippen LogP contribution >= 0.6 is 11.3 Å². The Kier molecular flexibility index (Phi) is 4.39. The molecule has 0 atom stereocenters. The van der Waals surface area contributed by atoms with Crippen molar-refractivity contribution in [2.24, 2.45) is 0 Å². The maximum atomic E-state index is 4.76. The molecule has 2 heterocycles. The van der Waals surface area contributed by atoms with Gasteiger partial charge in [0, 0.05) is 37.0 Å². The molecule has 2 aromatic heterocycles. The van der Waals surface area contributed by atoms with Gasteiger partial charge in [0.2, 0.25) is 0 Å². The van der Waals surface area contributed by atoms with Crippen molar-refractivity contribution in [3.05, 3.63) is 34.3 Å². The normalized spacial score (nSPS) is 14.2. The number of nitrogens with one attached hydrogen (secondary N) is 1. The van der Waals surface area contributed by atoms with Gasteiger partial charge in [-0.05, 0) is 37.6 Å². The van der Waals surface area contributed by atoms with Crippen molar-refractivity contribution in [3.8, 4) is 0 Å². The van der Waals surface area contributed by atoms with Crippen LogP contribution in [-0.4, -0.2) is 30.1 Å². The van der Waals surface area contributed by atoms with E-state index in [9.17, 15) is 0 Å². The van der Waals surface area contributed by atoms with Crippen LogP contribution in [0.2, 0.25) is 0 Å². The van der Waals surface area contributed by atoms with Crippen LogP contribution in [0.3, 0.4) is 0 Å². The number of thiophene rings is 1. The molecule has 21 heavy (non-hydrogen) atoms. The molecule has 4 nitrogen and oxygen atoms in total. The Labute approximate surface area is 130 Å². The minimum Gasteiger partial charge on any atom is -0.370 e. The van der Waals surface area contributed by atoms with Crippen molar-refractivity contribution in [1.29, 1.82) is 0 Å². The lowest BCUT2D eigenvalue weighted by Crippen LogP contribution is -2.22. The molecule has 0 spiro atoms. The van der Waals surface area contributed by atoms with E-state index in [-0.39, 0.29) is 0 Å². The lowest BCUT2D eigenvalue weighted by atomic mass is 10.3. The van der Waals surface area contributed by atoms with Crippen molar-refractivity contribution < 1.29 is 0 Å². The standard InChI is InChI=1S/C16H22N4S/c1-3-17-14-11-15(19-16(18-14)12-6-7-12)20(2)9-8-13-5-4-10-21-13/h4-5,10-12H,3,6-9H2,1-2H3,(H,17,18,19). The monoisotopic (exact) mass is 302 g/mol. The molecule has 0 bridgehead atoms. The number of rotatable bonds is 7. The molecule has 1 N–H and O–H groups in total. The summed E-state index contributed by atoms with van der Waals surface area (Å²) in [6, 6.07) is 6.36. The molecule has 1 fully saturated rings. The van der Waals surface area contributed by atoms with E-state index >= 15 is 0 Å². The van der Waals surface area contributed by atoms with E-state index in [0.29, 0.717) is 5.92 Å². The first-order valence-corrected chi connectivity index (χ1v) is 8.50. The molecule has 112 valence electrons. The Balaban J connectivity index is 1.72. The zero-order valence-corrected chi connectivity index (χ0v) is 13.5. The Hall–Kier alpha value is -1.62. The molecule has 1 saturated carbocycles. The molecule has 0 unspecified atom stereocenters. The van der Waals surface area contributed by atoms with Crippen molar-refractivity contribution in [2.75, 3.05) is 30.4 Å². The third-order valence-electron chi connectivity index (χ3n) is 3.70. The smallest absolute Gasteiger partial charge is 0.136 e. The summed E-state index contributed by atoms with van der Waals surface area (Å²) in [6.07, 6.45) is 3.52. The number of anilines is 2. The summed E-state index contributed by atoms with van der Waals surface area (Å²) < 4.78 is 0. The highest BCUT2D eigenvalue weighted by atomic mass is 32.1. The quantitative estimate of drug-likeness (QED) is 0.849. The first kappa shape index (κ1) is 14.3. The van der Waals surface area contributed by atoms with Crippen molar-refractivity contribution in [2.45, 2.75) is 32.1 Å². The number of nitrogens with zero attached hydrogens (tertiary/aromatic N) is 3. The molecule has 0 aromatic carbocycles. The first-order valence-electron chi connectivity index (χ1n) is 7.62. The summed E-state index contributed by atoms with van der Waals surface area (Å²) in [5.41, 5.74) is 0. The number of likely N-dealkylation sites (N-methyl/N-ethyl adjacent to an activating group) is 1. The van der Waals surface area contributed by atoms with Gasteiger partial charge in [-0.2, -0.15) is 0 Å². The van der Waals surface area contributed by atoms with E-state index < -0.39 is 0 Å². The second-order valence-electron chi connectivity index (χ2n) is 5.53. The van der Waals surface area contributed by atoms with E-state index in [1.54, 1.807) is 0 Å². The van der Waals surface area contributed by atoms with Gasteiger partial charge in [0.05, 0.1) is 0 Å². The SMILES string of the molecule is CCNc1cc(N(C)CCc2cccs2)nc(C2CC2)n1. The van der Waals surface area contributed by atoms with E-state index in [4.69, 9.17) is 4.98 Å². The van der Waals surface area contributed by atoms with Crippen molar-refractivity contribution in [3.63, 3.8) is 0 Å². The molecular formula is C16H22N4S. The third kappa shape index (κ3) is 3.73. The molecule has 1 aliphatic rings. The first-order chi connectivity index (χ1) is 10.3. The van der Waals surface area contributed by atoms with Crippen LogP contribution in [0.15, 0.2) is 23.6 Å². The van der Waals surface area contributed by atoms with Crippen LogP contribution in [0, 0.1) is 0 Å². The lowest BCUT2D eigenvalue weighted by molar-refractivity contribution is 0.839. The largest absolute Gasteiger partial charge is 0.370 e. The molecule has 1 aliphatic carbocycles. The molecule has 0 radical (unpaired) electrons. The minimum absolute atomic E-state index is 0.577. The second kappa shape index (κ2) is 6.43. The Bertz CT molecular complexity index is 578. The summed E-state index contributed by atoms with van der Waals surface area (Å²) in [5.74, 6) is 3.56. The highest BCUT2D eigenvalue weighted by Crippen LogP contribution is 2.39. The molecule has 0 amide bonds. The van der Waals surface area contributed by atoms with E-state index in [1.807, 2.05) is 11.3 Å². The number of aromatic nitrogens is 2. The van der Waals surface area contributed by atoms with Gasteiger partial charge in [-0.3, -0.25) is 0 Å². The maximum Gasteiger partial charge on any atom is 0.136 e. The molecule has 5 heteroatoms. The zero-order chi connectivity index (χ0) is 14.7. The average Bonchev–Trinajstić information content (AvgIpc) is 3.22. The van der Waals surface area contributed by atoms with Crippen LogP contribution < -0.4 is 10.2 Å². The van der Waals surface area contributed by atoms with E-state index in [1.165, 1.54) is 17.7 Å². The number of hydrogen-bond acceptors (Lipinski definition) is 5. The van der Waals surface area contributed by atoms with Gasteiger partial charge in [0.25, 0.3) is 0 Å². The molecule has 0 aliphatic heterocycles. The fourth-order valence-corrected chi connectivity index (χ4v) is 2.99. The van der Waals surface area contributed by atoms with Gasteiger partial charge in [-0.1, -0.05) is 6.07 Å². The van der Waals surface area contributed by atoms with Crippen LogP contribution in [0.25, 0.3) is 0 Å². The Morgan fingerprint density at radius 3 is 2.90 bits per heavy atom. The predicted molar refractivity (Wildman–Crippen MR) is 89.5 cm³/mol. The number of hydrogen-bond donors (Lipinski definition) is 1. The van der Waals surface area contributed by atoms with Crippen LogP contribution in [0.1, 0.15) is 36.4 Å². The predicted octanol–water partition coefficient (Wildman–Crippen LogP) is 3.53. The maximum absolute atomic E-state index is 4.76.